The van der Waals surface area contributed by atoms with E-state index in [9.17, 15) is 0 Å². The standard InChI is InChI=1S/C16H24N2/c1-2-7-15-14(6-1)12-17-10-9-16(15)18-11-8-13-4-3-5-13/h1-2,6-7,13,16-18H,3-5,8-12H2. The van der Waals surface area contributed by atoms with Gasteiger partial charge in [0.25, 0.3) is 0 Å². The number of rotatable bonds is 4. The van der Waals surface area contributed by atoms with E-state index in [4.69, 9.17) is 0 Å². The van der Waals surface area contributed by atoms with Crippen LogP contribution in [0.3, 0.4) is 0 Å². The Balaban J connectivity index is 1.60. The molecule has 1 aromatic rings. The smallest absolute Gasteiger partial charge is 0.0335 e. The summed E-state index contributed by atoms with van der Waals surface area (Å²) in [6.45, 7) is 3.33. The zero-order valence-electron chi connectivity index (χ0n) is 11.1. The van der Waals surface area contributed by atoms with Crippen LogP contribution >= 0.6 is 0 Å². The highest BCUT2D eigenvalue weighted by molar-refractivity contribution is 5.30. The summed E-state index contributed by atoms with van der Waals surface area (Å²) >= 11 is 0. The molecule has 2 heteroatoms. The molecule has 3 rings (SSSR count). The Morgan fingerprint density at radius 2 is 2.06 bits per heavy atom. The Bertz CT molecular complexity index is 384. The quantitative estimate of drug-likeness (QED) is 0.851. The largest absolute Gasteiger partial charge is 0.313 e. The fourth-order valence-electron chi connectivity index (χ4n) is 3.12. The van der Waals surface area contributed by atoms with E-state index in [-0.39, 0.29) is 0 Å². The van der Waals surface area contributed by atoms with E-state index >= 15 is 0 Å². The van der Waals surface area contributed by atoms with Gasteiger partial charge in [-0.2, -0.15) is 0 Å². The molecule has 18 heavy (non-hydrogen) atoms. The lowest BCUT2D eigenvalue weighted by molar-refractivity contribution is 0.286. The number of fused-ring (bicyclic) bond motifs is 1. The monoisotopic (exact) mass is 244 g/mol. The highest BCUT2D eigenvalue weighted by Gasteiger charge is 2.20. The Morgan fingerprint density at radius 3 is 2.89 bits per heavy atom. The lowest BCUT2D eigenvalue weighted by atomic mass is 9.83. The van der Waals surface area contributed by atoms with Crippen LogP contribution in [0.25, 0.3) is 0 Å². The van der Waals surface area contributed by atoms with Crippen molar-refractivity contribution in [1.82, 2.24) is 10.6 Å². The van der Waals surface area contributed by atoms with Gasteiger partial charge in [0.1, 0.15) is 0 Å². The van der Waals surface area contributed by atoms with Gasteiger partial charge in [0.05, 0.1) is 0 Å². The fourth-order valence-corrected chi connectivity index (χ4v) is 3.12. The highest BCUT2D eigenvalue weighted by Crippen LogP contribution is 2.29. The van der Waals surface area contributed by atoms with Crippen molar-refractivity contribution in [2.75, 3.05) is 13.1 Å². The van der Waals surface area contributed by atoms with Crippen LogP contribution < -0.4 is 10.6 Å². The fraction of sp³-hybridized carbons (Fsp3) is 0.625. The van der Waals surface area contributed by atoms with Crippen molar-refractivity contribution in [3.63, 3.8) is 0 Å². The molecule has 0 aromatic heterocycles. The first-order valence-electron chi connectivity index (χ1n) is 7.45. The number of nitrogens with one attached hydrogen (secondary N) is 2. The minimum absolute atomic E-state index is 0.552. The maximum absolute atomic E-state index is 3.78. The minimum Gasteiger partial charge on any atom is -0.313 e. The second kappa shape index (κ2) is 5.85. The zero-order chi connectivity index (χ0) is 12.2. The number of benzene rings is 1. The summed E-state index contributed by atoms with van der Waals surface area (Å²) in [5.41, 5.74) is 2.98. The van der Waals surface area contributed by atoms with Gasteiger partial charge in [0.15, 0.2) is 0 Å². The normalized spacial score (nSPS) is 24.1. The van der Waals surface area contributed by atoms with E-state index in [1.54, 1.807) is 0 Å². The second-order valence-electron chi connectivity index (χ2n) is 5.76. The van der Waals surface area contributed by atoms with Crippen LogP contribution in [0.5, 0.6) is 0 Å². The van der Waals surface area contributed by atoms with Gasteiger partial charge in [-0.15, -0.1) is 0 Å². The molecule has 0 amide bonds. The van der Waals surface area contributed by atoms with Crippen LogP contribution in [0.2, 0.25) is 0 Å². The number of hydrogen-bond acceptors (Lipinski definition) is 2. The molecular weight excluding hydrogens is 220 g/mol. The van der Waals surface area contributed by atoms with E-state index in [0.717, 1.165) is 19.0 Å². The molecule has 2 N–H and O–H groups in total. The first kappa shape index (κ1) is 12.2. The van der Waals surface area contributed by atoms with E-state index in [1.165, 1.54) is 49.8 Å². The summed E-state index contributed by atoms with van der Waals surface area (Å²) in [5.74, 6) is 1.01. The Labute approximate surface area is 110 Å². The summed E-state index contributed by atoms with van der Waals surface area (Å²) < 4.78 is 0. The average Bonchev–Trinajstić information content (AvgIpc) is 2.55. The molecule has 2 nitrogen and oxygen atoms in total. The van der Waals surface area contributed by atoms with Crippen molar-refractivity contribution in [3.05, 3.63) is 35.4 Å². The Morgan fingerprint density at radius 1 is 1.17 bits per heavy atom. The third kappa shape index (κ3) is 2.76. The van der Waals surface area contributed by atoms with Gasteiger partial charge >= 0.3 is 0 Å². The molecule has 1 aromatic carbocycles. The molecular formula is C16H24N2. The molecule has 2 aliphatic rings. The van der Waals surface area contributed by atoms with E-state index in [1.807, 2.05) is 0 Å². The molecule has 1 heterocycles. The molecule has 0 radical (unpaired) electrons. The molecule has 1 atom stereocenters. The van der Waals surface area contributed by atoms with Crippen molar-refractivity contribution in [2.24, 2.45) is 5.92 Å². The third-order valence-corrected chi connectivity index (χ3v) is 4.52. The Kier molecular flexibility index (Phi) is 3.96. The molecule has 0 bridgehead atoms. The van der Waals surface area contributed by atoms with Crippen molar-refractivity contribution < 1.29 is 0 Å². The highest BCUT2D eigenvalue weighted by atomic mass is 14.9. The van der Waals surface area contributed by atoms with Gasteiger partial charge in [-0.25, -0.2) is 0 Å². The van der Waals surface area contributed by atoms with Gasteiger partial charge in [-0.3, -0.25) is 0 Å². The van der Waals surface area contributed by atoms with E-state index < -0.39 is 0 Å². The van der Waals surface area contributed by atoms with Crippen molar-refractivity contribution >= 4 is 0 Å². The SMILES string of the molecule is c1ccc2c(c1)CNCCC2NCCC1CCC1. The van der Waals surface area contributed by atoms with Crippen LogP contribution in [0.4, 0.5) is 0 Å². The third-order valence-electron chi connectivity index (χ3n) is 4.52. The maximum atomic E-state index is 3.78. The van der Waals surface area contributed by atoms with Crippen LogP contribution in [0.1, 0.15) is 49.3 Å². The Hall–Kier alpha value is -0.860. The molecule has 1 aliphatic carbocycles. The summed E-state index contributed by atoms with van der Waals surface area (Å²) in [6.07, 6.45) is 6.96. The summed E-state index contributed by atoms with van der Waals surface area (Å²) in [4.78, 5) is 0. The zero-order valence-corrected chi connectivity index (χ0v) is 11.1. The van der Waals surface area contributed by atoms with Crippen LogP contribution in [-0.2, 0) is 6.54 Å². The summed E-state index contributed by atoms with van der Waals surface area (Å²) in [5, 5.41) is 7.29. The summed E-state index contributed by atoms with van der Waals surface area (Å²) in [7, 11) is 0. The predicted octanol–water partition coefficient (Wildman–Crippen LogP) is 3.00. The molecule has 1 saturated carbocycles. The van der Waals surface area contributed by atoms with Crippen LogP contribution in [0, 0.1) is 5.92 Å². The lowest BCUT2D eigenvalue weighted by Gasteiger charge is -2.27. The summed E-state index contributed by atoms with van der Waals surface area (Å²) in [6, 6.07) is 9.43. The second-order valence-corrected chi connectivity index (χ2v) is 5.76. The van der Waals surface area contributed by atoms with E-state index in [0.29, 0.717) is 6.04 Å². The van der Waals surface area contributed by atoms with Crippen molar-refractivity contribution in [3.8, 4) is 0 Å². The average molecular weight is 244 g/mol. The topological polar surface area (TPSA) is 24.1 Å². The van der Waals surface area contributed by atoms with Crippen molar-refractivity contribution in [1.29, 1.82) is 0 Å². The van der Waals surface area contributed by atoms with Gasteiger partial charge < -0.3 is 10.6 Å². The van der Waals surface area contributed by atoms with E-state index in [2.05, 4.69) is 34.9 Å². The lowest BCUT2D eigenvalue weighted by Crippen LogP contribution is -2.26. The maximum Gasteiger partial charge on any atom is 0.0335 e. The predicted molar refractivity (Wildman–Crippen MR) is 75.5 cm³/mol. The van der Waals surface area contributed by atoms with Gasteiger partial charge in [0.2, 0.25) is 0 Å². The van der Waals surface area contributed by atoms with Crippen LogP contribution in [0.15, 0.2) is 24.3 Å². The molecule has 0 saturated heterocycles. The van der Waals surface area contributed by atoms with Crippen molar-refractivity contribution in [2.45, 2.75) is 44.7 Å². The van der Waals surface area contributed by atoms with Gasteiger partial charge in [-0.1, -0.05) is 43.5 Å². The molecule has 1 aliphatic heterocycles. The van der Waals surface area contributed by atoms with Crippen LogP contribution in [-0.4, -0.2) is 13.1 Å². The minimum atomic E-state index is 0.552. The van der Waals surface area contributed by atoms with Gasteiger partial charge in [0, 0.05) is 12.6 Å². The molecule has 98 valence electrons. The first-order chi connectivity index (χ1) is 8.93. The molecule has 1 unspecified atom stereocenters. The molecule has 1 fully saturated rings. The first-order valence-corrected chi connectivity index (χ1v) is 7.45. The molecule has 0 spiro atoms. The number of hydrogen-bond donors (Lipinski definition) is 2. The van der Waals surface area contributed by atoms with Gasteiger partial charge in [-0.05, 0) is 43.0 Å².